The lowest BCUT2D eigenvalue weighted by molar-refractivity contribution is 0.0958. The highest BCUT2D eigenvalue weighted by molar-refractivity contribution is 5.92. The van der Waals surface area contributed by atoms with Crippen LogP contribution >= 0.6 is 0 Å². The Hall–Kier alpha value is -4.01. The summed E-state index contributed by atoms with van der Waals surface area (Å²) in [6.07, 6.45) is 1.48. The summed E-state index contributed by atoms with van der Waals surface area (Å²) in [5, 5.41) is 5.39. The fourth-order valence-corrected chi connectivity index (χ4v) is 2.68. The molecule has 1 amide bonds. The van der Waals surface area contributed by atoms with Crippen molar-refractivity contribution in [3.05, 3.63) is 72.1 Å². The lowest BCUT2D eigenvalue weighted by Gasteiger charge is -2.06. The molecule has 0 fully saturated rings. The highest BCUT2D eigenvalue weighted by Gasteiger charge is 2.09. The van der Waals surface area contributed by atoms with Crippen LogP contribution in [-0.4, -0.2) is 27.9 Å². The number of benzene rings is 2. The summed E-state index contributed by atoms with van der Waals surface area (Å²) in [5.41, 5.74) is 1.93. The van der Waals surface area contributed by atoms with Gasteiger partial charge in [-0.05, 0) is 30.3 Å². The van der Waals surface area contributed by atoms with Crippen LogP contribution in [0.5, 0.6) is 11.5 Å². The first-order chi connectivity index (χ1) is 14.0. The molecule has 29 heavy (non-hydrogen) atoms. The van der Waals surface area contributed by atoms with Crippen molar-refractivity contribution < 1.29 is 18.3 Å². The minimum Gasteiger partial charge on any atom is -0.457 e. The standard InChI is InChI=1S/C20H15F2N5O2/c1-23-19(28)18-10-13(6-7-24-18)29-12-3-5-16-17(9-12)27-20(26-16)25-11-2-4-14(21)15(22)8-11/h2-10H,1H3,(H,23,28)(H2,25,26,27). The van der Waals surface area contributed by atoms with E-state index in [0.717, 1.165) is 12.1 Å². The number of aromatic amines is 1. The first kappa shape index (κ1) is 18.4. The van der Waals surface area contributed by atoms with Crippen molar-refractivity contribution >= 4 is 28.6 Å². The summed E-state index contributed by atoms with van der Waals surface area (Å²) >= 11 is 0. The summed E-state index contributed by atoms with van der Waals surface area (Å²) in [6, 6.07) is 11.9. The van der Waals surface area contributed by atoms with E-state index in [2.05, 4.69) is 25.6 Å². The number of nitrogens with zero attached hydrogens (tertiary/aromatic N) is 2. The van der Waals surface area contributed by atoms with Gasteiger partial charge >= 0.3 is 0 Å². The van der Waals surface area contributed by atoms with E-state index in [1.165, 1.54) is 25.4 Å². The number of nitrogens with one attached hydrogen (secondary N) is 3. The van der Waals surface area contributed by atoms with Gasteiger partial charge in [-0.1, -0.05) is 0 Å². The number of hydrogen-bond acceptors (Lipinski definition) is 5. The van der Waals surface area contributed by atoms with Crippen LogP contribution in [0.2, 0.25) is 0 Å². The number of pyridine rings is 1. The quantitative estimate of drug-likeness (QED) is 0.473. The minimum absolute atomic E-state index is 0.241. The van der Waals surface area contributed by atoms with Gasteiger partial charge < -0.3 is 20.4 Å². The summed E-state index contributed by atoms with van der Waals surface area (Å²) in [4.78, 5) is 23.1. The van der Waals surface area contributed by atoms with Gasteiger partial charge in [0.25, 0.3) is 5.91 Å². The van der Waals surface area contributed by atoms with Crippen LogP contribution < -0.4 is 15.4 Å². The van der Waals surface area contributed by atoms with Crippen molar-refractivity contribution in [2.75, 3.05) is 12.4 Å². The number of carbonyl (C=O) groups is 1. The molecule has 146 valence electrons. The zero-order valence-electron chi connectivity index (χ0n) is 15.2. The van der Waals surface area contributed by atoms with Crippen LogP contribution in [-0.2, 0) is 0 Å². The second kappa shape index (κ2) is 7.55. The molecular formula is C20H15F2N5O2. The van der Waals surface area contributed by atoms with E-state index in [9.17, 15) is 13.6 Å². The number of anilines is 2. The van der Waals surface area contributed by atoms with Crippen molar-refractivity contribution in [1.29, 1.82) is 0 Å². The third kappa shape index (κ3) is 3.98. The molecule has 0 saturated heterocycles. The molecule has 0 aliphatic rings. The summed E-state index contributed by atoms with van der Waals surface area (Å²) in [6.45, 7) is 0. The van der Waals surface area contributed by atoms with Crippen molar-refractivity contribution in [3.63, 3.8) is 0 Å². The topological polar surface area (TPSA) is 91.9 Å². The van der Waals surface area contributed by atoms with Gasteiger partial charge in [0.15, 0.2) is 11.6 Å². The molecule has 0 atom stereocenters. The molecule has 0 spiro atoms. The SMILES string of the molecule is CNC(=O)c1cc(Oc2ccc3nc(Nc4ccc(F)c(F)c4)[nH]c3c2)ccn1. The first-order valence-electron chi connectivity index (χ1n) is 8.59. The zero-order chi connectivity index (χ0) is 20.4. The number of ether oxygens (including phenoxy) is 1. The molecule has 3 N–H and O–H groups in total. The van der Waals surface area contributed by atoms with Gasteiger partial charge in [0.1, 0.15) is 17.2 Å². The van der Waals surface area contributed by atoms with E-state index in [1.807, 2.05) is 0 Å². The molecule has 4 rings (SSSR count). The molecule has 7 nitrogen and oxygen atoms in total. The second-order valence-corrected chi connectivity index (χ2v) is 6.08. The number of aromatic nitrogens is 3. The first-order valence-corrected chi connectivity index (χ1v) is 8.59. The Kier molecular flexibility index (Phi) is 4.78. The Bertz CT molecular complexity index is 1210. The Morgan fingerprint density at radius 2 is 1.86 bits per heavy atom. The Morgan fingerprint density at radius 3 is 2.66 bits per heavy atom. The maximum atomic E-state index is 13.4. The molecule has 2 aromatic carbocycles. The fraction of sp³-hybridized carbons (Fsp3) is 0.0500. The van der Waals surface area contributed by atoms with Crippen LogP contribution in [0.4, 0.5) is 20.4 Å². The monoisotopic (exact) mass is 395 g/mol. The van der Waals surface area contributed by atoms with Gasteiger partial charge in [0.2, 0.25) is 5.95 Å². The number of rotatable bonds is 5. The maximum absolute atomic E-state index is 13.4. The third-order valence-electron chi connectivity index (χ3n) is 4.06. The lowest BCUT2D eigenvalue weighted by Crippen LogP contribution is -2.18. The predicted octanol–water partition coefficient (Wildman–Crippen LogP) is 4.13. The van der Waals surface area contributed by atoms with Crippen LogP contribution in [0.25, 0.3) is 11.0 Å². The van der Waals surface area contributed by atoms with E-state index in [4.69, 9.17) is 4.74 Å². The van der Waals surface area contributed by atoms with Crippen LogP contribution in [0.15, 0.2) is 54.7 Å². The second-order valence-electron chi connectivity index (χ2n) is 6.08. The number of halogens is 2. The summed E-state index contributed by atoms with van der Waals surface area (Å²) < 4.78 is 32.2. The lowest BCUT2D eigenvalue weighted by atomic mass is 10.3. The minimum atomic E-state index is -0.949. The van der Waals surface area contributed by atoms with E-state index in [1.54, 1.807) is 24.3 Å². The average molecular weight is 395 g/mol. The van der Waals surface area contributed by atoms with E-state index in [0.29, 0.717) is 34.2 Å². The number of fused-ring (bicyclic) bond motifs is 1. The summed E-state index contributed by atoms with van der Waals surface area (Å²) in [7, 11) is 1.52. The summed E-state index contributed by atoms with van der Waals surface area (Å²) in [5.74, 6) is -0.832. The molecule has 0 aliphatic carbocycles. The van der Waals surface area contributed by atoms with Gasteiger partial charge in [0.05, 0.1) is 11.0 Å². The molecule has 0 unspecified atom stereocenters. The van der Waals surface area contributed by atoms with E-state index < -0.39 is 11.6 Å². The van der Waals surface area contributed by atoms with Crippen LogP contribution in [0, 0.1) is 11.6 Å². The highest BCUT2D eigenvalue weighted by Crippen LogP contribution is 2.26. The smallest absolute Gasteiger partial charge is 0.269 e. The molecule has 9 heteroatoms. The largest absolute Gasteiger partial charge is 0.457 e. The number of hydrogen-bond donors (Lipinski definition) is 3. The molecule has 2 heterocycles. The van der Waals surface area contributed by atoms with Crippen LogP contribution in [0.3, 0.4) is 0 Å². The molecular weight excluding hydrogens is 380 g/mol. The maximum Gasteiger partial charge on any atom is 0.269 e. The Labute approximate surface area is 163 Å². The molecule has 4 aromatic rings. The molecule has 2 aromatic heterocycles. The predicted molar refractivity (Wildman–Crippen MR) is 103 cm³/mol. The fourth-order valence-electron chi connectivity index (χ4n) is 2.68. The highest BCUT2D eigenvalue weighted by atomic mass is 19.2. The van der Waals surface area contributed by atoms with Crippen molar-refractivity contribution in [3.8, 4) is 11.5 Å². The average Bonchev–Trinajstić information content (AvgIpc) is 3.12. The normalized spacial score (nSPS) is 10.7. The van der Waals surface area contributed by atoms with Gasteiger partial charge in [-0.25, -0.2) is 13.8 Å². The van der Waals surface area contributed by atoms with Crippen LogP contribution in [0.1, 0.15) is 10.5 Å². The number of H-pyrrole nitrogens is 1. The van der Waals surface area contributed by atoms with Gasteiger partial charge in [-0.2, -0.15) is 0 Å². The van der Waals surface area contributed by atoms with E-state index >= 15 is 0 Å². The van der Waals surface area contributed by atoms with Gasteiger partial charge in [-0.3, -0.25) is 9.78 Å². The Balaban J connectivity index is 1.55. The molecule has 0 bridgehead atoms. The zero-order valence-corrected chi connectivity index (χ0v) is 15.2. The molecule has 0 aliphatic heterocycles. The van der Waals surface area contributed by atoms with Crippen molar-refractivity contribution in [2.24, 2.45) is 0 Å². The number of amides is 1. The van der Waals surface area contributed by atoms with Crippen molar-refractivity contribution in [2.45, 2.75) is 0 Å². The number of carbonyl (C=O) groups excluding carboxylic acids is 1. The van der Waals surface area contributed by atoms with Gasteiger partial charge in [-0.15, -0.1) is 0 Å². The van der Waals surface area contributed by atoms with E-state index in [-0.39, 0.29) is 11.6 Å². The third-order valence-corrected chi connectivity index (χ3v) is 4.06. The number of imidazole rings is 1. The molecule has 0 saturated carbocycles. The van der Waals surface area contributed by atoms with Crippen molar-refractivity contribution in [1.82, 2.24) is 20.3 Å². The van der Waals surface area contributed by atoms with Gasteiger partial charge in [0, 0.05) is 37.1 Å². The Morgan fingerprint density at radius 1 is 1.03 bits per heavy atom. The molecule has 0 radical (unpaired) electrons.